The highest BCUT2D eigenvalue weighted by Gasteiger charge is 2.18. The fourth-order valence-corrected chi connectivity index (χ4v) is 3.98. The lowest BCUT2D eigenvalue weighted by Gasteiger charge is -2.29. The van der Waals surface area contributed by atoms with Gasteiger partial charge in [0.15, 0.2) is 0 Å². The minimum absolute atomic E-state index is 0.201. The van der Waals surface area contributed by atoms with Crippen molar-refractivity contribution in [3.05, 3.63) is 54.6 Å². The molecule has 1 heterocycles. The van der Waals surface area contributed by atoms with Gasteiger partial charge in [-0.25, -0.2) is 13.1 Å². The first-order chi connectivity index (χ1) is 12.5. The maximum atomic E-state index is 12.5. The Morgan fingerprint density at radius 2 is 1.73 bits per heavy atom. The molecule has 0 saturated carbocycles. The molecule has 1 fully saturated rings. The van der Waals surface area contributed by atoms with Crippen LogP contribution >= 0.6 is 0 Å². The third kappa shape index (κ3) is 5.28. The highest BCUT2D eigenvalue weighted by molar-refractivity contribution is 7.89. The Morgan fingerprint density at radius 1 is 1.04 bits per heavy atom. The summed E-state index contributed by atoms with van der Waals surface area (Å²) in [6.07, 6.45) is 1.93. The van der Waals surface area contributed by atoms with Crippen LogP contribution in [0, 0.1) is 0 Å². The summed E-state index contributed by atoms with van der Waals surface area (Å²) in [5.41, 5.74) is 5.89. The van der Waals surface area contributed by atoms with Crippen LogP contribution in [0.2, 0.25) is 0 Å². The van der Waals surface area contributed by atoms with Gasteiger partial charge in [-0.15, -0.1) is 0 Å². The second-order valence-electron chi connectivity index (χ2n) is 6.47. The normalized spacial score (nSPS) is 16.5. The molecule has 0 aliphatic carbocycles. The van der Waals surface area contributed by atoms with Crippen molar-refractivity contribution in [1.82, 2.24) is 9.62 Å². The zero-order chi connectivity index (χ0) is 18.4. The first kappa shape index (κ1) is 18.8. The van der Waals surface area contributed by atoms with Crippen LogP contribution in [-0.4, -0.2) is 45.5 Å². The predicted octanol–water partition coefficient (Wildman–Crippen LogP) is 2.18. The van der Waals surface area contributed by atoms with Gasteiger partial charge in [0.05, 0.1) is 4.90 Å². The number of benzene rings is 2. The third-order valence-corrected chi connectivity index (χ3v) is 5.91. The molecule has 6 nitrogen and oxygen atoms in total. The van der Waals surface area contributed by atoms with Crippen LogP contribution in [-0.2, 0) is 10.0 Å². The van der Waals surface area contributed by atoms with Gasteiger partial charge in [-0.2, -0.15) is 0 Å². The van der Waals surface area contributed by atoms with Crippen LogP contribution in [0.4, 0.5) is 0 Å². The molecule has 0 aromatic heterocycles. The van der Waals surface area contributed by atoms with Gasteiger partial charge >= 0.3 is 0 Å². The number of piperidine rings is 1. The zero-order valence-electron chi connectivity index (χ0n) is 14.7. The highest BCUT2D eigenvalue weighted by Crippen LogP contribution is 2.23. The zero-order valence-corrected chi connectivity index (χ0v) is 15.5. The molecule has 3 rings (SSSR count). The van der Waals surface area contributed by atoms with Crippen molar-refractivity contribution < 1.29 is 13.2 Å². The maximum Gasteiger partial charge on any atom is 0.240 e. The summed E-state index contributed by atoms with van der Waals surface area (Å²) in [5, 5.41) is 0. The Labute approximate surface area is 155 Å². The summed E-state index contributed by atoms with van der Waals surface area (Å²) < 4.78 is 33.4. The molecule has 2 aromatic carbocycles. The van der Waals surface area contributed by atoms with Crippen LogP contribution < -0.4 is 15.2 Å². The van der Waals surface area contributed by atoms with E-state index in [1.165, 1.54) is 6.07 Å². The molecule has 2 aromatic rings. The number of nitrogens with two attached hydrogens (primary N) is 1. The van der Waals surface area contributed by atoms with E-state index >= 15 is 0 Å². The molecule has 0 spiro atoms. The number of rotatable bonds is 7. The second-order valence-corrected chi connectivity index (χ2v) is 8.23. The first-order valence-electron chi connectivity index (χ1n) is 8.83. The SMILES string of the molecule is NC1CCN(CCNS(=O)(=O)c2cccc(Oc3ccccc3)c2)CC1. The number of hydrogen-bond donors (Lipinski definition) is 2. The van der Waals surface area contributed by atoms with Crippen molar-refractivity contribution in [1.29, 1.82) is 0 Å². The van der Waals surface area contributed by atoms with Crippen molar-refractivity contribution in [2.75, 3.05) is 26.2 Å². The average molecular weight is 375 g/mol. The monoisotopic (exact) mass is 375 g/mol. The molecule has 1 saturated heterocycles. The van der Waals surface area contributed by atoms with Gasteiger partial charge in [0.1, 0.15) is 11.5 Å². The van der Waals surface area contributed by atoms with E-state index in [9.17, 15) is 8.42 Å². The van der Waals surface area contributed by atoms with E-state index in [0.29, 0.717) is 24.6 Å². The van der Waals surface area contributed by atoms with Crippen LogP contribution in [0.15, 0.2) is 59.5 Å². The maximum absolute atomic E-state index is 12.5. The molecule has 0 unspecified atom stereocenters. The van der Waals surface area contributed by atoms with Crippen molar-refractivity contribution in [3.8, 4) is 11.5 Å². The predicted molar refractivity (Wildman–Crippen MR) is 102 cm³/mol. The Morgan fingerprint density at radius 3 is 2.46 bits per heavy atom. The van der Waals surface area contributed by atoms with Gasteiger partial charge in [-0.3, -0.25) is 0 Å². The third-order valence-electron chi connectivity index (χ3n) is 4.45. The van der Waals surface area contributed by atoms with E-state index in [0.717, 1.165) is 25.9 Å². The van der Waals surface area contributed by atoms with Gasteiger partial charge < -0.3 is 15.4 Å². The first-order valence-corrected chi connectivity index (χ1v) is 10.3. The lowest BCUT2D eigenvalue weighted by Crippen LogP contribution is -2.43. The van der Waals surface area contributed by atoms with Crippen molar-refractivity contribution >= 4 is 10.0 Å². The summed E-state index contributed by atoms with van der Waals surface area (Å²) in [4.78, 5) is 2.44. The minimum Gasteiger partial charge on any atom is -0.457 e. The molecule has 0 amide bonds. The molecule has 0 bridgehead atoms. The Bertz CT molecular complexity index is 804. The van der Waals surface area contributed by atoms with Gasteiger partial charge in [-0.05, 0) is 50.2 Å². The summed E-state index contributed by atoms with van der Waals surface area (Å²) >= 11 is 0. The van der Waals surface area contributed by atoms with E-state index < -0.39 is 10.0 Å². The van der Waals surface area contributed by atoms with Crippen LogP contribution in [0.3, 0.4) is 0 Å². The molecular weight excluding hydrogens is 350 g/mol. The molecule has 7 heteroatoms. The lowest BCUT2D eigenvalue weighted by atomic mass is 10.1. The fourth-order valence-electron chi connectivity index (χ4n) is 2.93. The summed E-state index contributed by atoms with van der Waals surface area (Å²) in [5.74, 6) is 1.16. The van der Waals surface area contributed by atoms with Gasteiger partial charge in [0, 0.05) is 25.2 Å². The van der Waals surface area contributed by atoms with E-state index in [2.05, 4.69) is 9.62 Å². The van der Waals surface area contributed by atoms with Gasteiger partial charge in [0.2, 0.25) is 10.0 Å². The average Bonchev–Trinajstić information content (AvgIpc) is 2.64. The molecule has 0 radical (unpaired) electrons. The standard InChI is InChI=1S/C19H25N3O3S/c20-16-9-12-22(13-10-16)14-11-21-26(23,24)19-8-4-7-18(15-19)25-17-5-2-1-3-6-17/h1-8,15-16,21H,9-14,20H2. The second kappa shape index (κ2) is 8.64. The number of nitrogens with zero attached hydrogens (tertiary/aromatic N) is 1. The van der Waals surface area contributed by atoms with Crippen LogP contribution in [0.25, 0.3) is 0 Å². The number of hydrogen-bond acceptors (Lipinski definition) is 5. The van der Waals surface area contributed by atoms with E-state index in [1.807, 2.05) is 30.3 Å². The Kier molecular flexibility index (Phi) is 6.26. The fraction of sp³-hybridized carbons (Fsp3) is 0.368. The number of nitrogens with one attached hydrogen (secondary N) is 1. The smallest absolute Gasteiger partial charge is 0.240 e. The Balaban J connectivity index is 1.57. The molecule has 0 atom stereocenters. The van der Waals surface area contributed by atoms with Crippen molar-refractivity contribution in [2.24, 2.45) is 5.73 Å². The number of ether oxygens (including phenoxy) is 1. The van der Waals surface area contributed by atoms with Crippen LogP contribution in [0.5, 0.6) is 11.5 Å². The van der Waals surface area contributed by atoms with Crippen molar-refractivity contribution in [3.63, 3.8) is 0 Å². The van der Waals surface area contributed by atoms with Gasteiger partial charge in [0.25, 0.3) is 0 Å². The molecule has 1 aliphatic rings. The minimum atomic E-state index is -3.57. The highest BCUT2D eigenvalue weighted by atomic mass is 32.2. The quantitative estimate of drug-likeness (QED) is 0.775. The number of para-hydroxylation sites is 1. The number of likely N-dealkylation sites (tertiary alicyclic amines) is 1. The lowest BCUT2D eigenvalue weighted by molar-refractivity contribution is 0.217. The van der Waals surface area contributed by atoms with E-state index in [4.69, 9.17) is 10.5 Å². The number of sulfonamides is 1. The summed E-state index contributed by atoms with van der Waals surface area (Å²) in [6, 6.07) is 16.1. The Hall–Kier alpha value is -1.93. The van der Waals surface area contributed by atoms with Crippen LogP contribution in [0.1, 0.15) is 12.8 Å². The molecule has 3 N–H and O–H groups in total. The van der Waals surface area contributed by atoms with Crippen molar-refractivity contribution in [2.45, 2.75) is 23.8 Å². The molecule has 1 aliphatic heterocycles. The summed E-state index contributed by atoms with van der Waals surface area (Å²) in [6.45, 7) is 2.90. The van der Waals surface area contributed by atoms with E-state index in [1.54, 1.807) is 18.2 Å². The molecule has 26 heavy (non-hydrogen) atoms. The largest absolute Gasteiger partial charge is 0.457 e. The molecule has 140 valence electrons. The molecular formula is C19H25N3O3S. The van der Waals surface area contributed by atoms with E-state index in [-0.39, 0.29) is 10.9 Å². The topological polar surface area (TPSA) is 84.7 Å². The van der Waals surface area contributed by atoms with Gasteiger partial charge in [-0.1, -0.05) is 24.3 Å². The summed E-state index contributed by atoms with van der Waals surface area (Å²) in [7, 11) is -3.57.